The zero-order valence-corrected chi connectivity index (χ0v) is 20.8. The zero-order chi connectivity index (χ0) is 28.0. The second-order valence-electron chi connectivity index (χ2n) is 8.70. The van der Waals surface area contributed by atoms with Crippen molar-refractivity contribution in [2.45, 2.75) is 24.7 Å². The number of alkyl halides is 3. The SMILES string of the molecule is CN(Cc1ccc(C(=N)N)cc1)c1nc(C2C(=O)CN(S(C)(=O)=O)C2C(F)(F)F)nn1C(=O)c1ccoc1. The van der Waals surface area contributed by atoms with Crippen LogP contribution in [0.15, 0.2) is 47.3 Å². The van der Waals surface area contributed by atoms with Crippen molar-refractivity contribution in [1.82, 2.24) is 19.1 Å². The van der Waals surface area contributed by atoms with Crippen LogP contribution >= 0.6 is 0 Å². The van der Waals surface area contributed by atoms with Gasteiger partial charge in [-0.1, -0.05) is 24.3 Å². The lowest BCUT2D eigenvalue weighted by atomic mass is 9.98. The van der Waals surface area contributed by atoms with Gasteiger partial charge in [-0.25, -0.2) is 8.42 Å². The summed E-state index contributed by atoms with van der Waals surface area (Å²) in [6.45, 7) is -0.905. The quantitative estimate of drug-likeness (QED) is 0.324. The van der Waals surface area contributed by atoms with Crippen LogP contribution in [0.1, 0.15) is 33.2 Å². The fourth-order valence-electron chi connectivity index (χ4n) is 4.13. The van der Waals surface area contributed by atoms with Crippen molar-refractivity contribution >= 4 is 33.5 Å². The van der Waals surface area contributed by atoms with Gasteiger partial charge in [-0.3, -0.25) is 15.0 Å². The number of aromatic nitrogens is 3. The Kier molecular flexibility index (Phi) is 6.88. The second-order valence-corrected chi connectivity index (χ2v) is 10.6. The molecule has 0 radical (unpaired) electrons. The highest BCUT2D eigenvalue weighted by molar-refractivity contribution is 7.88. The van der Waals surface area contributed by atoms with Crippen molar-refractivity contribution in [2.24, 2.45) is 5.73 Å². The second kappa shape index (κ2) is 9.68. The number of nitrogens with one attached hydrogen (secondary N) is 1. The number of sulfonamides is 1. The van der Waals surface area contributed by atoms with Crippen LogP contribution in [0.2, 0.25) is 0 Å². The zero-order valence-electron chi connectivity index (χ0n) is 20.0. The number of hydrogen-bond acceptors (Lipinski definition) is 9. The van der Waals surface area contributed by atoms with Crippen molar-refractivity contribution in [3.05, 3.63) is 65.4 Å². The van der Waals surface area contributed by atoms with Crippen LogP contribution in [0.3, 0.4) is 0 Å². The van der Waals surface area contributed by atoms with Crippen molar-refractivity contribution in [3.63, 3.8) is 0 Å². The van der Waals surface area contributed by atoms with Crippen molar-refractivity contribution < 1.29 is 35.6 Å². The Balaban J connectivity index is 1.78. The van der Waals surface area contributed by atoms with E-state index in [1.807, 2.05) is 0 Å². The average molecular weight is 554 g/mol. The summed E-state index contributed by atoms with van der Waals surface area (Å²) in [6.07, 6.45) is -2.22. The number of rotatable bonds is 7. The third-order valence-corrected chi connectivity index (χ3v) is 7.13. The van der Waals surface area contributed by atoms with Crippen LogP contribution in [0.4, 0.5) is 19.1 Å². The fourth-order valence-corrected chi connectivity index (χ4v) is 5.15. The summed E-state index contributed by atoms with van der Waals surface area (Å²) >= 11 is 0. The molecular formula is C22H22F3N7O5S. The minimum Gasteiger partial charge on any atom is -0.472 e. The number of benzene rings is 1. The summed E-state index contributed by atoms with van der Waals surface area (Å²) in [4.78, 5) is 31.4. The third kappa shape index (κ3) is 5.17. The van der Waals surface area contributed by atoms with Crippen molar-refractivity contribution in [1.29, 1.82) is 5.41 Å². The molecule has 2 aromatic heterocycles. The van der Waals surface area contributed by atoms with E-state index in [0.717, 1.165) is 10.9 Å². The Morgan fingerprint density at radius 1 is 1.24 bits per heavy atom. The number of halogens is 3. The summed E-state index contributed by atoms with van der Waals surface area (Å²) in [5.41, 5.74) is 6.64. The first-order valence-corrected chi connectivity index (χ1v) is 12.8. The number of furan rings is 1. The molecule has 0 spiro atoms. The van der Waals surface area contributed by atoms with E-state index in [0.29, 0.717) is 17.4 Å². The minimum atomic E-state index is -5.12. The molecule has 0 aliphatic carbocycles. The van der Waals surface area contributed by atoms with E-state index in [1.54, 1.807) is 24.3 Å². The number of nitrogen functional groups attached to an aromatic ring is 1. The number of ketones is 1. The standard InChI is InChI=1S/C22H22F3N7O5S/c1-30(9-12-3-5-13(6-4-12)18(26)27)21-28-19(29-32(21)20(34)14-7-8-37-11-14)16-15(33)10-31(38(2,35)36)17(16)22(23,24)25/h3-8,11,16-17H,9-10H2,1-2H3,(H3,26,27). The molecule has 0 saturated carbocycles. The predicted molar refractivity (Wildman–Crippen MR) is 127 cm³/mol. The molecule has 1 aromatic carbocycles. The van der Waals surface area contributed by atoms with Crippen molar-refractivity contribution in [3.8, 4) is 0 Å². The number of nitrogens with two attached hydrogens (primary N) is 1. The van der Waals surface area contributed by atoms with E-state index in [1.165, 1.54) is 24.3 Å². The largest absolute Gasteiger partial charge is 0.472 e. The van der Waals surface area contributed by atoms with E-state index in [2.05, 4.69) is 10.1 Å². The molecule has 3 N–H and O–H groups in total. The molecule has 1 aliphatic heterocycles. The van der Waals surface area contributed by atoms with Crippen molar-refractivity contribution in [2.75, 3.05) is 24.7 Å². The molecule has 1 saturated heterocycles. The molecule has 0 amide bonds. The third-order valence-electron chi connectivity index (χ3n) is 5.92. The van der Waals surface area contributed by atoms with Gasteiger partial charge in [-0.05, 0) is 11.6 Å². The van der Waals surface area contributed by atoms with Gasteiger partial charge in [0.1, 0.15) is 24.1 Å². The van der Waals surface area contributed by atoms with Gasteiger partial charge in [0.05, 0.1) is 24.6 Å². The van der Waals surface area contributed by atoms with Gasteiger partial charge in [0.25, 0.3) is 5.91 Å². The van der Waals surface area contributed by atoms with Gasteiger partial charge < -0.3 is 15.1 Å². The molecule has 0 bridgehead atoms. The fraction of sp³-hybridized carbons (Fsp3) is 0.318. The molecule has 2 unspecified atom stereocenters. The first kappa shape index (κ1) is 27.0. The van der Waals surface area contributed by atoms with E-state index in [-0.39, 0.29) is 28.2 Å². The number of Topliss-reactive ketones (excluding diaryl/α,β-unsaturated/α-hetero) is 1. The first-order valence-electron chi connectivity index (χ1n) is 10.9. The smallest absolute Gasteiger partial charge is 0.406 e. The van der Waals surface area contributed by atoms with E-state index >= 15 is 0 Å². The predicted octanol–water partition coefficient (Wildman–Crippen LogP) is 1.34. The first-order chi connectivity index (χ1) is 17.7. The maximum absolute atomic E-state index is 14.0. The van der Waals surface area contributed by atoms with E-state index in [4.69, 9.17) is 15.6 Å². The topological polar surface area (TPSA) is 168 Å². The number of nitrogens with zero attached hydrogens (tertiary/aromatic N) is 5. The number of anilines is 1. The highest BCUT2D eigenvalue weighted by Gasteiger charge is 2.60. The van der Waals surface area contributed by atoms with Crippen LogP contribution in [0, 0.1) is 5.41 Å². The highest BCUT2D eigenvalue weighted by Crippen LogP contribution is 2.41. The van der Waals surface area contributed by atoms with Gasteiger partial charge in [-0.2, -0.15) is 27.1 Å². The summed E-state index contributed by atoms with van der Waals surface area (Å²) < 4.78 is 72.0. The summed E-state index contributed by atoms with van der Waals surface area (Å²) in [5, 5.41) is 11.5. The van der Waals surface area contributed by atoms with Gasteiger partial charge in [-0.15, -0.1) is 5.10 Å². The molecule has 12 nitrogen and oxygen atoms in total. The summed E-state index contributed by atoms with van der Waals surface area (Å²) in [6, 6.07) is 5.11. The summed E-state index contributed by atoms with van der Waals surface area (Å²) in [7, 11) is -2.91. The Hall–Kier alpha value is -4.05. The molecule has 1 aliphatic rings. The van der Waals surface area contributed by atoms with Crippen LogP contribution in [0.5, 0.6) is 0 Å². The molecule has 4 rings (SSSR count). The minimum absolute atomic E-state index is 0.0183. The normalized spacial score (nSPS) is 18.6. The van der Waals surface area contributed by atoms with Gasteiger partial charge >= 0.3 is 6.18 Å². The van der Waals surface area contributed by atoms with Crippen LogP contribution in [0.25, 0.3) is 0 Å². The molecule has 202 valence electrons. The van der Waals surface area contributed by atoms with Gasteiger partial charge in [0.15, 0.2) is 11.6 Å². The Labute approximate surface area is 214 Å². The van der Waals surface area contributed by atoms with Crippen LogP contribution in [-0.2, 0) is 21.4 Å². The number of hydrogen-bond donors (Lipinski definition) is 2. The van der Waals surface area contributed by atoms with Gasteiger partial charge in [0, 0.05) is 19.2 Å². The molecule has 3 heterocycles. The molecule has 1 fully saturated rings. The maximum atomic E-state index is 14.0. The number of carbonyl (C=O) groups is 2. The average Bonchev–Trinajstić information content (AvgIpc) is 3.56. The monoisotopic (exact) mass is 553 g/mol. The number of amidine groups is 1. The molecule has 2 atom stereocenters. The lowest BCUT2D eigenvalue weighted by molar-refractivity contribution is -0.169. The summed E-state index contributed by atoms with van der Waals surface area (Å²) in [5.74, 6) is -4.89. The molecule has 38 heavy (non-hydrogen) atoms. The van der Waals surface area contributed by atoms with E-state index < -0.39 is 52.2 Å². The lowest BCUT2D eigenvalue weighted by Gasteiger charge is -2.26. The Bertz CT molecular complexity index is 1480. The molecule has 16 heteroatoms. The molecular weight excluding hydrogens is 531 g/mol. The maximum Gasteiger partial charge on any atom is 0.406 e. The Morgan fingerprint density at radius 2 is 1.89 bits per heavy atom. The number of carbonyl (C=O) groups excluding carboxylic acids is 2. The van der Waals surface area contributed by atoms with Gasteiger partial charge in [0.2, 0.25) is 16.0 Å². The van der Waals surface area contributed by atoms with E-state index in [9.17, 15) is 31.2 Å². The molecule has 3 aromatic rings. The highest BCUT2D eigenvalue weighted by atomic mass is 32.2. The van der Waals surface area contributed by atoms with Crippen LogP contribution < -0.4 is 10.6 Å². The Morgan fingerprint density at radius 3 is 2.42 bits per heavy atom. The lowest BCUT2D eigenvalue weighted by Crippen LogP contribution is -2.46. The van der Waals surface area contributed by atoms with Crippen LogP contribution in [-0.4, -0.2) is 77.1 Å².